The van der Waals surface area contributed by atoms with Crippen LogP contribution in [0.3, 0.4) is 0 Å². The Morgan fingerprint density at radius 3 is 2.52 bits per heavy atom. The molecule has 2 heterocycles. The molecule has 1 saturated carbocycles. The van der Waals surface area contributed by atoms with Gasteiger partial charge in [0.2, 0.25) is 11.8 Å². The Kier molecular flexibility index (Phi) is 11.4. The lowest BCUT2D eigenvalue weighted by molar-refractivity contribution is -0.135. The van der Waals surface area contributed by atoms with E-state index >= 15 is 0 Å². The first-order valence-electron chi connectivity index (χ1n) is 16.4. The van der Waals surface area contributed by atoms with Crippen LogP contribution in [0.15, 0.2) is 48.5 Å². The average Bonchev–Trinajstić information content (AvgIpc) is 3.77. The molecule has 2 aromatic rings. The van der Waals surface area contributed by atoms with E-state index in [1.165, 1.54) is 12.1 Å². The van der Waals surface area contributed by atoms with Crippen LogP contribution in [0.2, 0.25) is 0 Å². The van der Waals surface area contributed by atoms with Crippen LogP contribution in [0.5, 0.6) is 0 Å². The summed E-state index contributed by atoms with van der Waals surface area (Å²) in [7, 11) is 0. The molecule has 0 spiro atoms. The summed E-state index contributed by atoms with van der Waals surface area (Å²) in [4.78, 5) is 29.5. The third kappa shape index (κ3) is 8.23. The van der Waals surface area contributed by atoms with Crippen LogP contribution in [0.25, 0.3) is 0 Å². The minimum Gasteiger partial charge on any atom is -0.389 e. The van der Waals surface area contributed by atoms with Crippen LogP contribution < -0.4 is 10.6 Å². The van der Waals surface area contributed by atoms with Crippen molar-refractivity contribution in [1.82, 2.24) is 15.5 Å². The van der Waals surface area contributed by atoms with Gasteiger partial charge in [0.05, 0.1) is 36.7 Å². The quantitative estimate of drug-likeness (QED) is 0.268. The van der Waals surface area contributed by atoms with Crippen molar-refractivity contribution in [3.8, 4) is 0 Å². The largest absolute Gasteiger partial charge is 0.389 e. The zero-order chi connectivity index (χ0) is 31.1. The van der Waals surface area contributed by atoms with Gasteiger partial charge in [-0.2, -0.15) is 0 Å². The van der Waals surface area contributed by atoms with Crippen LogP contribution >= 0.6 is 0 Å². The van der Waals surface area contributed by atoms with Crippen molar-refractivity contribution in [2.75, 3.05) is 19.6 Å². The predicted molar refractivity (Wildman–Crippen MR) is 164 cm³/mol. The summed E-state index contributed by atoms with van der Waals surface area (Å²) in [5, 5.41) is 18.0. The molecule has 3 fully saturated rings. The van der Waals surface area contributed by atoms with E-state index in [-0.39, 0.29) is 42.2 Å². The molecule has 2 aromatic carbocycles. The number of carbonyl (C=O) groups excluding carboxylic acids is 2. The van der Waals surface area contributed by atoms with Crippen LogP contribution in [-0.2, 0) is 27.4 Å². The van der Waals surface area contributed by atoms with Crippen LogP contribution in [0.4, 0.5) is 8.78 Å². The number of unbranched alkanes of at least 4 members (excludes halogenated alkanes) is 2. The molecular weight excluding hydrogens is 564 g/mol. The zero-order valence-corrected chi connectivity index (χ0v) is 25.7. The van der Waals surface area contributed by atoms with E-state index in [1.54, 1.807) is 0 Å². The molecule has 2 aliphatic heterocycles. The van der Waals surface area contributed by atoms with Gasteiger partial charge in [-0.25, -0.2) is 8.78 Å². The smallest absolute Gasteiger partial charge is 0.226 e. The lowest BCUT2D eigenvalue weighted by Gasteiger charge is -2.31. The fraction of sp³-hybridized carbons (Fsp3) is 0.600. The van der Waals surface area contributed by atoms with Gasteiger partial charge in [-0.15, -0.1) is 0 Å². The van der Waals surface area contributed by atoms with Crippen molar-refractivity contribution in [1.29, 1.82) is 0 Å². The molecule has 0 aromatic heterocycles. The van der Waals surface area contributed by atoms with Crippen LogP contribution in [0, 0.1) is 29.4 Å². The third-order valence-corrected chi connectivity index (χ3v) is 9.71. The van der Waals surface area contributed by atoms with E-state index in [4.69, 9.17) is 4.74 Å². The molecule has 240 valence electrons. The lowest BCUT2D eigenvalue weighted by Crippen LogP contribution is -2.54. The summed E-state index contributed by atoms with van der Waals surface area (Å²) in [5.74, 6) is -2.35. The minimum atomic E-state index is -1.04. The zero-order valence-electron chi connectivity index (χ0n) is 25.7. The highest BCUT2D eigenvalue weighted by Crippen LogP contribution is 2.40. The number of rotatable bonds is 14. The van der Waals surface area contributed by atoms with Crippen molar-refractivity contribution in [3.63, 3.8) is 0 Å². The highest BCUT2D eigenvalue weighted by molar-refractivity contribution is 5.91. The van der Waals surface area contributed by atoms with Crippen LogP contribution in [-0.4, -0.2) is 65.7 Å². The maximum atomic E-state index is 14.1. The number of amides is 2. The molecule has 0 bridgehead atoms. The first kappa shape index (κ1) is 32.5. The fourth-order valence-electron chi connectivity index (χ4n) is 7.39. The molecular formula is C35H47F2N3O4. The number of aliphatic hydroxyl groups is 1. The van der Waals surface area contributed by atoms with E-state index in [0.717, 1.165) is 56.6 Å². The number of nitrogens with zero attached hydrogens (tertiary/aromatic N) is 1. The van der Waals surface area contributed by atoms with Gasteiger partial charge in [0.15, 0.2) is 0 Å². The lowest BCUT2D eigenvalue weighted by atomic mass is 9.81. The number of likely N-dealkylation sites (tertiary alicyclic amines) is 1. The molecule has 5 rings (SSSR count). The van der Waals surface area contributed by atoms with Crippen molar-refractivity contribution in [2.24, 2.45) is 17.8 Å². The molecule has 1 aliphatic carbocycles. The summed E-state index contributed by atoms with van der Waals surface area (Å²) in [6, 6.07) is 11.9. The summed E-state index contributed by atoms with van der Waals surface area (Å²) in [5.41, 5.74) is 1.40. The SMILES string of the molecule is CCCCCN1C[C@@H](C(=O)N[C@@H](Cc2cc(F)cc(F)c2)[C@H](O)[C@H]2C[C@@H](OCc3ccccc3)CN2)[C@H](C2CCCC2)C1=O. The molecule has 7 nitrogen and oxygen atoms in total. The fourth-order valence-corrected chi connectivity index (χ4v) is 7.39. The summed E-state index contributed by atoms with van der Waals surface area (Å²) >= 11 is 0. The number of halogens is 2. The Balaban J connectivity index is 1.30. The molecule has 3 N–H and O–H groups in total. The maximum Gasteiger partial charge on any atom is 0.226 e. The number of aliphatic hydroxyl groups excluding tert-OH is 1. The monoisotopic (exact) mass is 611 g/mol. The Morgan fingerprint density at radius 1 is 1.09 bits per heavy atom. The molecule has 2 saturated heterocycles. The second-order valence-corrected chi connectivity index (χ2v) is 12.9. The van der Waals surface area contributed by atoms with E-state index in [2.05, 4.69) is 17.6 Å². The standard InChI is InChI=1S/C35H47F2N3O4/c1-2-3-9-14-40-21-29(32(35(40)43)25-12-7-8-13-25)34(42)39-31(17-24-15-26(36)18-27(37)16-24)33(41)30-19-28(20-38-30)44-22-23-10-5-4-6-11-23/h4-6,10-11,15-16,18,25,28-33,38,41H,2-3,7-9,12-14,17,19-22H2,1H3,(H,39,42)/t28-,29-,30-,31+,32+,33-/m1/s1. The van der Waals surface area contributed by atoms with Crippen molar-refractivity contribution in [2.45, 2.75) is 95.6 Å². The predicted octanol–water partition coefficient (Wildman–Crippen LogP) is 4.76. The van der Waals surface area contributed by atoms with Gasteiger partial charge in [-0.1, -0.05) is 62.9 Å². The van der Waals surface area contributed by atoms with Crippen molar-refractivity contribution >= 4 is 11.8 Å². The summed E-state index contributed by atoms with van der Waals surface area (Å²) < 4.78 is 34.4. The van der Waals surface area contributed by atoms with E-state index < -0.39 is 29.7 Å². The summed E-state index contributed by atoms with van der Waals surface area (Å²) in [6.07, 6.45) is 6.37. The third-order valence-electron chi connectivity index (χ3n) is 9.71. The number of nitrogens with one attached hydrogen (secondary N) is 2. The number of hydrogen-bond donors (Lipinski definition) is 3. The second-order valence-electron chi connectivity index (χ2n) is 12.9. The second kappa shape index (κ2) is 15.4. The number of ether oxygens (including phenoxy) is 1. The first-order valence-corrected chi connectivity index (χ1v) is 16.4. The van der Waals surface area contributed by atoms with Gasteiger partial charge in [0, 0.05) is 31.7 Å². The van der Waals surface area contributed by atoms with Gasteiger partial charge in [0.25, 0.3) is 0 Å². The first-order chi connectivity index (χ1) is 21.3. The summed E-state index contributed by atoms with van der Waals surface area (Å²) in [6.45, 7) is 4.12. The molecule has 9 heteroatoms. The van der Waals surface area contributed by atoms with Gasteiger partial charge < -0.3 is 25.4 Å². The van der Waals surface area contributed by atoms with Crippen molar-refractivity contribution < 1.29 is 28.2 Å². The highest BCUT2D eigenvalue weighted by Gasteiger charge is 2.49. The molecule has 6 atom stereocenters. The van der Waals surface area contributed by atoms with Gasteiger partial charge >= 0.3 is 0 Å². The maximum absolute atomic E-state index is 14.1. The highest BCUT2D eigenvalue weighted by atomic mass is 19.1. The Morgan fingerprint density at radius 2 is 1.82 bits per heavy atom. The number of benzene rings is 2. The molecule has 2 amide bonds. The number of carbonyl (C=O) groups is 2. The minimum absolute atomic E-state index is 0.0459. The number of hydrogen-bond acceptors (Lipinski definition) is 5. The molecule has 44 heavy (non-hydrogen) atoms. The van der Waals surface area contributed by atoms with E-state index in [9.17, 15) is 23.5 Å². The van der Waals surface area contributed by atoms with Crippen molar-refractivity contribution in [3.05, 3.63) is 71.3 Å². The Hall–Kier alpha value is -2.88. The van der Waals surface area contributed by atoms with Crippen LogP contribution in [0.1, 0.15) is 69.4 Å². The van der Waals surface area contributed by atoms with Gasteiger partial charge in [-0.05, 0) is 61.3 Å². The average molecular weight is 612 g/mol. The molecule has 0 radical (unpaired) electrons. The topological polar surface area (TPSA) is 90.9 Å². The van der Waals surface area contributed by atoms with Gasteiger partial charge in [-0.3, -0.25) is 9.59 Å². The Labute approximate surface area is 259 Å². The molecule has 0 unspecified atom stereocenters. The van der Waals surface area contributed by atoms with E-state index in [1.807, 2.05) is 35.2 Å². The van der Waals surface area contributed by atoms with E-state index in [0.29, 0.717) is 38.2 Å². The normalized spacial score (nSPS) is 25.5. The van der Waals surface area contributed by atoms with Gasteiger partial charge in [0.1, 0.15) is 11.6 Å². The Bertz CT molecular complexity index is 1220. The molecule has 3 aliphatic rings.